The quantitative estimate of drug-likeness (QED) is 0.796. The molecule has 0 radical (unpaired) electrons. The Labute approximate surface area is 157 Å². The van der Waals surface area contributed by atoms with E-state index in [1.165, 1.54) is 11.8 Å². The van der Waals surface area contributed by atoms with Gasteiger partial charge >= 0.3 is 0 Å². The predicted molar refractivity (Wildman–Crippen MR) is 104 cm³/mol. The van der Waals surface area contributed by atoms with Crippen molar-refractivity contribution < 1.29 is 9.59 Å². The second-order valence-electron chi connectivity index (χ2n) is 5.86. The summed E-state index contributed by atoms with van der Waals surface area (Å²) in [5.74, 6) is -0.373. The van der Waals surface area contributed by atoms with Gasteiger partial charge in [-0.05, 0) is 43.2 Å². The lowest BCUT2D eigenvalue weighted by Gasteiger charge is -2.22. The third-order valence-electron chi connectivity index (χ3n) is 3.83. The molecule has 1 N–H and O–H groups in total. The van der Waals surface area contributed by atoms with Gasteiger partial charge < -0.3 is 10.2 Å². The van der Waals surface area contributed by atoms with Crippen LogP contribution < -0.4 is 10.2 Å². The van der Waals surface area contributed by atoms with Gasteiger partial charge in [-0.2, -0.15) is 0 Å². The zero-order valence-electron chi connectivity index (χ0n) is 14.4. The maximum atomic E-state index is 12.3. The van der Waals surface area contributed by atoms with Crippen molar-refractivity contribution >= 4 is 46.4 Å². The van der Waals surface area contributed by atoms with E-state index in [0.29, 0.717) is 15.7 Å². The molecular weight excluding hydrogens is 359 g/mol. The van der Waals surface area contributed by atoms with Crippen LogP contribution in [0.15, 0.2) is 36.4 Å². The molecule has 0 saturated heterocycles. The molecule has 0 bridgehead atoms. The number of nitrogens with zero attached hydrogens (tertiary/aromatic N) is 1. The molecule has 0 atom stereocenters. The highest BCUT2D eigenvalue weighted by atomic mass is 35.5. The van der Waals surface area contributed by atoms with Crippen LogP contribution in [0.3, 0.4) is 0 Å². The molecule has 0 aliphatic carbocycles. The third-order valence-corrected chi connectivity index (χ3v) is 4.64. The largest absolute Gasteiger partial charge is 0.326 e. The van der Waals surface area contributed by atoms with Gasteiger partial charge in [-0.1, -0.05) is 41.4 Å². The van der Waals surface area contributed by atoms with E-state index >= 15 is 0 Å². The molecular formula is C19H20Cl2N2O2. The van der Waals surface area contributed by atoms with Crippen molar-refractivity contribution in [2.45, 2.75) is 27.2 Å². The van der Waals surface area contributed by atoms with Crippen LogP contribution in [-0.2, 0) is 9.59 Å². The smallest absolute Gasteiger partial charge is 0.226 e. The highest BCUT2D eigenvalue weighted by molar-refractivity contribution is 6.44. The number of benzene rings is 2. The summed E-state index contributed by atoms with van der Waals surface area (Å²) in [7, 11) is 0. The van der Waals surface area contributed by atoms with E-state index in [4.69, 9.17) is 23.2 Å². The fraction of sp³-hybridized carbons (Fsp3) is 0.263. The summed E-state index contributed by atoms with van der Waals surface area (Å²) in [6.07, 6.45) is 0.149. The molecule has 2 aromatic rings. The summed E-state index contributed by atoms with van der Waals surface area (Å²) in [6, 6.07) is 10.9. The minimum Gasteiger partial charge on any atom is -0.326 e. The van der Waals surface area contributed by atoms with Crippen LogP contribution in [0.4, 0.5) is 11.4 Å². The number of carbonyl (C=O) groups excluding carboxylic acids is 2. The number of anilines is 2. The Balaban J connectivity index is 2.08. The SMILES string of the molecule is CC(=O)N(CCC(=O)Nc1cc(C)ccc1C)c1cccc(Cl)c1Cl. The van der Waals surface area contributed by atoms with Crippen molar-refractivity contribution in [3.8, 4) is 0 Å². The lowest BCUT2D eigenvalue weighted by Crippen LogP contribution is -2.32. The van der Waals surface area contributed by atoms with Crippen molar-refractivity contribution in [3.63, 3.8) is 0 Å². The van der Waals surface area contributed by atoms with Gasteiger partial charge in [0.15, 0.2) is 0 Å². The number of hydrogen-bond acceptors (Lipinski definition) is 2. The molecule has 25 heavy (non-hydrogen) atoms. The number of rotatable bonds is 5. The molecule has 132 valence electrons. The first-order valence-electron chi connectivity index (χ1n) is 7.89. The molecule has 6 heteroatoms. The van der Waals surface area contributed by atoms with E-state index in [9.17, 15) is 9.59 Å². The van der Waals surface area contributed by atoms with Crippen LogP contribution in [0.1, 0.15) is 24.5 Å². The first-order valence-corrected chi connectivity index (χ1v) is 8.64. The van der Waals surface area contributed by atoms with Crippen LogP contribution in [0.5, 0.6) is 0 Å². The molecule has 0 fully saturated rings. The van der Waals surface area contributed by atoms with E-state index in [1.54, 1.807) is 18.2 Å². The Hall–Kier alpha value is -2.04. The first-order chi connectivity index (χ1) is 11.8. The van der Waals surface area contributed by atoms with Crippen LogP contribution in [-0.4, -0.2) is 18.4 Å². The molecule has 0 aliphatic rings. The number of amides is 2. The van der Waals surface area contributed by atoms with E-state index in [-0.39, 0.29) is 24.8 Å². The summed E-state index contributed by atoms with van der Waals surface area (Å²) in [6.45, 7) is 5.54. The Kier molecular flexibility index (Phi) is 6.45. The first kappa shape index (κ1) is 19.3. The van der Waals surface area contributed by atoms with E-state index < -0.39 is 0 Å². The summed E-state index contributed by atoms with van der Waals surface area (Å²) in [5, 5.41) is 3.55. The fourth-order valence-corrected chi connectivity index (χ4v) is 2.84. The van der Waals surface area contributed by atoms with Gasteiger partial charge in [0, 0.05) is 25.6 Å². The number of hydrogen-bond donors (Lipinski definition) is 1. The number of aryl methyl sites for hydroxylation is 2. The molecule has 2 amide bonds. The van der Waals surface area contributed by atoms with Crippen molar-refractivity contribution in [3.05, 3.63) is 57.6 Å². The molecule has 0 aromatic heterocycles. The molecule has 0 spiro atoms. The average Bonchev–Trinajstić information content (AvgIpc) is 2.54. The Morgan fingerprint density at radius 3 is 2.52 bits per heavy atom. The van der Waals surface area contributed by atoms with Gasteiger partial charge in [0.05, 0.1) is 15.7 Å². The molecule has 0 heterocycles. The topological polar surface area (TPSA) is 49.4 Å². The zero-order chi connectivity index (χ0) is 18.6. The molecule has 0 unspecified atom stereocenters. The molecule has 0 saturated carbocycles. The third kappa shape index (κ3) is 4.97. The van der Waals surface area contributed by atoms with Crippen molar-refractivity contribution in [1.29, 1.82) is 0 Å². The second-order valence-corrected chi connectivity index (χ2v) is 6.65. The van der Waals surface area contributed by atoms with E-state index in [2.05, 4.69) is 5.32 Å². The normalized spacial score (nSPS) is 10.4. The molecule has 0 aliphatic heterocycles. The average molecular weight is 379 g/mol. The molecule has 2 aromatic carbocycles. The van der Waals surface area contributed by atoms with Gasteiger partial charge in [0.2, 0.25) is 11.8 Å². The molecule has 2 rings (SSSR count). The van der Waals surface area contributed by atoms with Gasteiger partial charge in [0.1, 0.15) is 0 Å². The summed E-state index contributed by atoms with van der Waals surface area (Å²) < 4.78 is 0. The van der Waals surface area contributed by atoms with Crippen molar-refractivity contribution in [1.82, 2.24) is 0 Å². The van der Waals surface area contributed by atoms with Crippen LogP contribution in [0, 0.1) is 13.8 Å². The number of carbonyl (C=O) groups is 2. The Morgan fingerprint density at radius 2 is 1.84 bits per heavy atom. The minimum absolute atomic E-state index is 0.149. The summed E-state index contributed by atoms with van der Waals surface area (Å²) in [4.78, 5) is 25.7. The summed E-state index contributed by atoms with van der Waals surface area (Å²) >= 11 is 12.2. The number of nitrogens with one attached hydrogen (secondary N) is 1. The monoisotopic (exact) mass is 378 g/mol. The van der Waals surface area contributed by atoms with Gasteiger partial charge in [-0.3, -0.25) is 9.59 Å². The van der Waals surface area contributed by atoms with Crippen molar-refractivity contribution in [2.24, 2.45) is 0 Å². The summed E-state index contributed by atoms with van der Waals surface area (Å²) in [5.41, 5.74) is 3.33. The van der Waals surface area contributed by atoms with Gasteiger partial charge in [-0.15, -0.1) is 0 Å². The highest BCUT2D eigenvalue weighted by Crippen LogP contribution is 2.32. The van der Waals surface area contributed by atoms with Crippen molar-refractivity contribution in [2.75, 3.05) is 16.8 Å². The van der Waals surface area contributed by atoms with Gasteiger partial charge in [-0.25, -0.2) is 0 Å². The van der Waals surface area contributed by atoms with E-state index in [1.807, 2.05) is 32.0 Å². The maximum absolute atomic E-state index is 12.3. The van der Waals surface area contributed by atoms with Crippen LogP contribution in [0.25, 0.3) is 0 Å². The van der Waals surface area contributed by atoms with Crippen LogP contribution >= 0.6 is 23.2 Å². The molecule has 4 nitrogen and oxygen atoms in total. The predicted octanol–water partition coefficient (Wildman–Crippen LogP) is 4.99. The number of halogens is 2. The Morgan fingerprint density at radius 1 is 1.12 bits per heavy atom. The lowest BCUT2D eigenvalue weighted by atomic mass is 10.1. The maximum Gasteiger partial charge on any atom is 0.226 e. The van der Waals surface area contributed by atoms with Crippen LogP contribution in [0.2, 0.25) is 10.0 Å². The fourth-order valence-electron chi connectivity index (χ4n) is 2.44. The highest BCUT2D eigenvalue weighted by Gasteiger charge is 2.17. The zero-order valence-corrected chi connectivity index (χ0v) is 15.9. The van der Waals surface area contributed by atoms with E-state index in [0.717, 1.165) is 16.8 Å². The Bertz CT molecular complexity index is 806. The van der Waals surface area contributed by atoms with Gasteiger partial charge in [0.25, 0.3) is 0 Å². The minimum atomic E-state index is -0.205. The lowest BCUT2D eigenvalue weighted by molar-refractivity contribution is -0.117. The second kappa shape index (κ2) is 8.37. The standard InChI is InChI=1S/C19H20Cl2N2O2/c1-12-7-8-13(2)16(11-12)22-18(25)9-10-23(14(3)24)17-6-4-5-15(20)19(17)21/h4-8,11H,9-10H2,1-3H3,(H,22,25).